The molecule has 10 heteroatoms. The van der Waals surface area contributed by atoms with Crippen molar-refractivity contribution in [2.24, 2.45) is 0 Å². The number of likely N-dealkylation sites (tertiary alicyclic amines) is 1. The summed E-state index contributed by atoms with van der Waals surface area (Å²) in [4.78, 5) is 25.9. The lowest BCUT2D eigenvalue weighted by molar-refractivity contribution is 0.0115. The molecular weight excluding hydrogens is 476 g/mol. The Morgan fingerprint density at radius 1 is 1.03 bits per heavy atom. The normalized spacial score (nSPS) is 17.5. The fourth-order valence-electron chi connectivity index (χ4n) is 5.08. The van der Waals surface area contributed by atoms with E-state index in [0.29, 0.717) is 24.2 Å². The number of hydrogen-bond donors (Lipinski definition) is 2. The van der Waals surface area contributed by atoms with Crippen LogP contribution in [0, 0.1) is 0 Å². The van der Waals surface area contributed by atoms with Gasteiger partial charge < -0.3 is 10.2 Å². The third kappa shape index (κ3) is 5.01. The Hall–Kier alpha value is -3.92. The number of anilines is 2. The Morgan fingerprint density at radius 3 is 2.65 bits per heavy atom. The first-order chi connectivity index (χ1) is 17.9. The van der Waals surface area contributed by atoms with E-state index in [1.165, 1.54) is 12.8 Å². The second kappa shape index (κ2) is 9.51. The molecule has 3 aromatic heterocycles. The average Bonchev–Trinajstić information content (AvgIpc) is 3.64. The number of hydrogen-bond acceptors (Lipinski definition) is 6. The highest BCUT2D eigenvalue weighted by molar-refractivity contribution is 6.11. The minimum absolute atomic E-state index is 0.110. The summed E-state index contributed by atoms with van der Waals surface area (Å²) in [5, 5.41) is 10.7. The Bertz CT molecular complexity index is 1430. The van der Waals surface area contributed by atoms with Crippen LogP contribution in [0.25, 0.3) is 22.0 Å². The van der Waals surface area contributed by atoms with Crippen molar-refractivity contribution in [2.75, 3.05) is 36.4 Å². The number of pyridine rings is 2. The molecule has 8 nitrogen and oxygen atoms in total. The van der Waals surface area contributed by atoms with Crippen molar-refractivity contribution in [2.45, 2.75) is 31.7 Å². The topological polar surface area (TPSA) is 90.0 Å². The van der Waals surface area contributed by atoms with Crippen LogP contribution in [-0.4, -0.2) is 63.1 Å². The minimum atomic E-state index is -2.62. The number of carbonyl (C=O) groups excluding carboxylic acids is 1. The first kappa shape index (κ1) is 23.5. The van der Waals surface area contributed by atoms with Gasteiger partial charge in [0, 0.05) is 55.9 Å². The SMILES string of the molecule is O=C(Nc1ccc(N2CCCC2)nc1)c1n[nH]c2ccc(-c3cncc(CN4CCC(F)(F)C4)c3)cc12. The molecule has 1 amide bonds. The average molecular weight is 504 g/mol. The van der Waals surface area contributed by atoms with Crippen LogP contribution in [-0.2, 0) is 6.54 Å². The quantitative estimate of drug-likeness (QED) is 0.396. The van der Waals surface area contributed by atoms with Gasteiger partial charge in [0.15, 0.2) is 5.69 Å². The largest absolute Gasteiger partial charge is 0.357 e. The zero-order valence-corrected chi connectivity index (χ0v) is 20.3. The summed E-state index contributed by atoms with van der Waals surface area (Å²) in [6.07, 6.45) is 7.34. The molecule has 1 aromatic carbocycles. The van der Waals surface area contributed by atoms with Gasteiger partial charge in [-0.2, -0.15) is 5.10 Å². The van der Waals surface area contributed by atoms with Crippen LogP contribution in [0.15, 0.2) is 55.0 Å². The summed E-state index contributed by atoms with van der Waals surface area (Å²) in [6.45, 7) is 2.57. The molecule has 0 atom stereocenters. The molecule has 2 aliphatic heterocycles. The Labute approximate surface area is 212 Å². The molecule has 2 fully saturated rings. The number of carbonyl (C=O) groups is 1. The lowest BCUT2D eigenvalue weighted by Gasteiger charge is -2.16. The number of halogens is 2. The smallest absolute Gasteiger partial charge is 0.276 e. The summed E-state index contributed by atoms with van der Waals surface area (Å²) in [7, 11) is 0. The van der Waals surface area contributed by atoms with E-state index in [-0.39, 0.29) is 24.6 Å². The third-order valence-electron chi connectivity index (χ3n) is 7.00. The molecule has 37 heavy (non-hydrogen) atoms. The van der Waals surface area contributed by atoms with Crippen molar-refractivity contribution < 1.29 is 13.6 Å². The van der Waals surface area contributed by atoms with Gasteiger partial charge in [-0.25, -0.2) is 13.8 Å². The highest BCUT2D eigenvalue weighted by Crippen LogP contribution is 2.30. The molecule has 0 aliphatic carbocycles. The number of nitrogens with zero attached hydrogens (tertiary/aromatic N) is 5. The molecule has 0 bridgehead atoms. The standard InChI is InChI=1S/C27H27F2N7O/c28-27(29)7-10-35(17-27)16-18-11-20(14-30-13-18)19-3-5-23-22(12-19)25(34-33-23)26(37)32-21-4-6-24(31-15-21)36-8-1-2-9-36/h3-6,11-15H,1-2,7-10,16-17H2,(H,32,37)(H,33,34). The van der Waals surface area contributed by atoms with Crippen LogP contribution in [0.3, 0.4) is 0 Å². The van der Waals surface area contributed by atoms with Crippen LogP contribution >= 0.6 is 0 Å². The van der Waals surface area contributed by atoms with Crippen LogP contribution in [0.1, 0.15) is 35.3 Å². The number of aromatic nitrogens is 4. The molecule has 5 heterocycles. The highest BCUT2D eigenvalue weighted by atomic mass is 19.3. The number of aromatic amines is 1. The Morgan fingerprint density at radius 2 is 1.89 bits per heavy atom. The van der Waals surface area contributed by atoms with E-state index in [1.807, 2.05) is 36.4 Å². The fraction of sp³-hybridized carbons (Fsp3) is 0.333. The number of benzene rings is 1. The van der Waals surface area contributed by atoms with Crippen LogP contribution in [0.5, 0.6) is 0 Å². The fourth-order valence-corrected chi connectivity index (χ4v) is 5.08. The second-order valence-electron chi connectivity index (χ2n) is 9.78. The number of rotatable bonds is 6. The molecule has 0 spiro atoms. The summed E-state index contributed by atoms with van der Waals surface area (Å²) < 4.78 is 27.2. The summed E-state index contributed by atoms with van der Waals surface area (Å²) in [5.41, 5.74) is 4.19. The third-order valence-corrected chi connectivity index (χ3v) is 7.00. The molecule has 4 aromatic rings. The predicted molar refractivity (Wildman–Crippen MR) is 138 cm³/mol. The lowest BCUT2D eigenvalue weighted by atomic mass is 10.0. The van der Waals surface area contributed by atoms with Gasteiger partial charge in [0.1, 0.15) is 5.82 Å². The molecule has 2 N–H and O–H groups in total. The van der Waals surface area contributed by atoms with Gasteiger partial charge in [-0.05, 0) is 54.3 Å². The van der Waals surface area contributed by atoms with Crippen LogP contribution in [0.2, 0.25) is 0 Å². The van der Waals surface area contributed by atoms with E-state index in [9.17, 15) is 13.6 Å². The molecule has 0 unspecified atom stereocenters. The molecule has 2 aliphatic rings. The van der Waals surface area contributed by atoms with E-state index in [4.69, 9.17) is 0 Å². The van der Waals surface area contributed by atoms with Crippen molar-refractivity contribution in [3.8, 4) is 11.1 Å². The van der Waals surface area contributed by atoms with Gasteiger partial charge >= 0.3 is 0 Å². The van der Waals surface area contributed by atoms with E-state index in [0.717, 1.165) is 41.1 Å². The van der Waals surface area contributed by atoms with Crippen molar-refractivity contribution in [1.82, 2.24) is 25.1 Å². The molecule has 0 saturated carbocycles. The minimum Gasteiger partial charge on any atom is -0.357 e. The van der Waals surface area contributed by atoms with E-state index in [2.05, 4.69) is 30.4 Å². The summed E-state index contributed by atoms with van der Waals surface area (Å²) in [5.74, 6) is -2.04. The summed E-state index contributed by atoms with van der Waals surface area (Å²) >= 11 is 0. The van der Waals surface area contributed by atoms with E-state index >= 15 is 0 Å². The van der Waals surface area contributed by atoms with Crippen LogP contribution < -0.4 is 10.2 Å². The van der Waals surface area contributed by atoms with Gasteiger partial charge in [-0.3, -0.25) is 19.8 Å². The molecule has 2 saturated heterocycles. The number of nitrogens with one attached hydrogen (secondary N) is 2. The first-order valence-corrected chi connectivity index (χ1v) is 12.5. The zero-order chi connectivity index (χ0) is 25.4. The maximum atomic E-state index is 13.6. The van der Waals surface area contributed by atoms with E-state index < -0.39 is 5.92 Å². The molecule has 190 valence electrons. The van der Waals surface area contributed by atoms with Gasteiger partial charge in [-0.15, -0.1) is 0 Å². The number of amides is 1. The Kier molecular flexibility index (Phi) is 6.03. The van der Waals surface area contributed by atoms with E-state index in [1.54, 1.807) is 23.5 Å². The predicted octanol–water partition coefficient (Wildman–Crippen LogP) is 4.71. The Balaban J connectivity index is 1.20. The molecule has 6 rings (SSSR count). The number of alkyl halides is 2. The van der Waals surface area contributed by atoms with Gasteiger partial charge in [0.25, 0.3) is 11.8 Å². The maximum Gasteiger partial charge on any atom is 0.276 e. The van der Waals surface area contributed by atoms with Gasteiger partial charge in [0.05, 0.1) is 23.9 Å². The van der Waals surface area contributed by atoms with Gasteiger partial charge in [0.2, 0.25) is 0 Å². The zero-order valence-electron chi connectivity index (χ0n) is 20.3. The van der Waals surface area contributed by atoms with Crippen LogP contribution in [0.4, 0.5) is 20.3 Å². The molecule has 0 radical (unpaired) electrons. The summed E-state index contributed by atoms with van der Waals surface area (Å²) in [6, 6.07) is 11.4. The van der Waals surface area contributed by atoms with Crippen molar-refractivity contribution >= 4 is 28.3 Å². The highest BCUT2D eigenvalue weighted by Gasteiger charge is 2.37. The number of fused-ring (bicyclic) bond motifs is 1. The van der Waals surface area contributed by atoms with Crippen molar-refractivity contribution in [1.29, 1.82) is 0 Å². The lowest BCUT2D eigenvalue weighted by Crippen LogP contribution is -2.24. The number of H-pyrrole nitrogens is 1. The molecular formula is C27H27F2N7O. The van der Waals surface area contributed by atoms with Crippen molar-refractivity contribution in [3.05, 3.63) is 66.2 Å². The first-order valence-electron chi connectivity index (χ1n) is 12.5. The monoisotopic (exact) mass is 503 g/mol. The maximum absolute atomic E-state index is 13.6. The van der Waals surface area contributed by atoms with Gasteiger partial charge in [-0.1, -0.05) is 6.07 Å². The second-order valence-corrected chi connectivity index (χ2v) is 9.78. The van der Waals surface area contributed by atoms with Crippen molar-refractivity contribution in [3.63, 3.8) is 0 Å².